The minimum atomic E-state index is 0. The van der Waals surface area contributed by atoms with Crippen LogP contribution in [-0.4, -0.2) is 10.8 Å². The van der Waals surface area contributed by atoms with Gasteiger partial charge in [0.25, 0.3) is 0 Å². The summed E-state index contributed by atoms with van der Waals surface area (Å²) in [5.74, 6) is 0.0805. The van der Waals surface area contributed by atoms with Crippen LogP contribution in [0.4, 0.5) is 0 Å². The highest BCUT2D eigenvalue weighted by Gasteiger charge is 2.09. The second kappa shape index (κ2) is 7.11. The molecular weight excluding hydrogens is 327 g/mol. The van der Waals surface area contributed by atoms with Crippen molar-refractivity contribution in [2.45, 2.75) is 13.0 Å². The first-order chi connectivity index (χ1) is 7.86. The lowest BCUT2D eigenvalue weighted by molar-refractivity contribution is -0.695. The monoisotopic (exact) mass is 340 g/mol. The molecule has 0 saturated carbocycles. The number of rotatable bonds is 4. The molecule has 0 aliphatic rings. The molecule has 0 spiro atoms. The fourth-order valence-electron chi connectivity index (χ4n) is 1.47. The maximum absolute atomic E-state index is 11.7. The van der Waals surface area contributed by atoms with Crippen LogP contribution in [0, 0.1) is 0 Å². The molecule has 17 heavy (non-hydrogen) atoms. The smallest absolute Gasteiger partial charge is 0.187 e. The van der Waals surface area contributed by atoms with E-state index in [9.17, 15) is 4.79 Å². The number of nitrogens with zero attached hydrogens (tertiary/aromatic N) is 2. The molecule has 0 fully saturated rings. The van der Waals surface area contributed by atoms with Gasteiger partial charge in [-0.2, -0.15) is 0 Å². The van der Waals surface area contributed by atoms with Gasteiger partial charge in [0.1, 0.15) is 5.69 Å². The molecule has 0 aliphatic carbocycles. The first-order valence-corrected chi connectivity index (χ1v) is 5.24. The number of Topliss-reactive ketones (excluding diaryl/α,β-unsaturated/α-hetero) is 1. The van der Waals surface area contributed by atoms with Crippen LogP contribution in [0.15, 0.2) is 55.0 Å². The van der Waals surface area contributed by atoms with E-state index < -0.39 is 0 Å². The van der Waals surface area contributed by atoms with E-state index in [0.717, 1.165) is 0 Å². The third-order valence-electron chi connectivity index (χ3n) is 2.32. The highest BCUT2D eigenvalue weighted by molar-refractivity contribution is 5.93. The van der Waals surface area contributed by atoms with Gasteiger partial charge in [0.2, 0.25) is 0 Å². The number of aromatic nitrogens is 2. The van der Waals surface area contributed by atoms with Crippen LogP contribution in [0.5, 0.6) is 0 Å². The molecule has 2 aromatic rings. The number of hydrogen-bond acceptors (Lipinski definition) is 2. The number of ketones is 1. The lowest BCUT2D eigenvalue weighted by atomic mass is 10.2. The van der Waals surface area contributed by atoms with Crippen molar-refractivity contribution in [1.82, 2.24) is 4.98 Å². The van der Waals surface area contributed by atoms with E-state index in [1.807, 2.05) is 47.3 Å². The fraction of sp³-hybridized carbons (Fsp3) is 0.154. The first-order valence-electron chi connectivity index (χ1n) is 5.24. The predicted molar refractivity (Wildman–Crippen MR) is 59.8 cm³/mol. The van der Waals surface area contributed by atoms with Gasteiger partial charge in [-0.3, -0.25) is 9.78 Å². The predicted octanol–water partition coefficient (Wildman–Crippen LogP) is -1.35. The van der Waals surface area contributed by atoms with Crippen molar-refractivity contribution in [2.24, 2.45) is 0 Å². The molecule has 3 nitrogen and oxygen atoms in total. The summed E-state index contributed by atoms with van der Waals surface area (Å²) in [5, 5.41) is 0. The summed E-state index contributed by atoms with van der Waals surface area (Å²) in [6, 6.07) is 11.2. The average Bonchev–Trinajstić information content (AvgIpc) is 2.38. The van der Waals surface area contributed by atoms with Gasteiger partial charge in [-0.05, 0) is 12.1 Å². The van der Waals surface area contributed by atoms with Crippen molar-refractivity contribution in [2.75, 3.05) is 0 Å². The van der Waals surface area contributed by atoms with Crippen LogP contribution in [0.2, 0.25) is 0 Å². The lowest BCUT2D eigenvalue weighted by Crippen LogP contribution is -3.00. The highest BCUT2D eigenvalue weighted by atomic mass is 127. The van der Waals surface area contributed by atoms with Crippen molar-refractivity contribution in [1.29, 1.82) is 0 Å². The molecule has 0 atom stereocenters. The Morgan fingerprint density at radius 3 is 2.53 bits per heavy atom. The molecule has 88 valence electrons. The molecule has 0 amide bonds. The van der Waals surface area contributed by atoms with Crippen LogP contribution < -0.4 is 28.5 Å². The van der Waals surface area contributed by atoms with Gasteiger partial charge in [0, 0.05) is 18.3 Å². The molecule has 0 bridgehead atoms. The van der Waals surface area contributed by atoms with Crippen molar-refractivity contribution >= 4 is 5.78 Å². The second-order valence-corrected chi connectivity index (χ2v) is 3.50. The van der Waals surface area contributed by atoms with E-state index in [-0.39, 0.29) is 29.8 Å². The molecule has 4 heteroatoms. The molecule has 0 aliphatic heterocycles. The number of pyridine rings is 2. The maximum atomic E-state index is 11.7. The van der Waals surface area contributed by atoms with Gasteiger partial charge in [-0.1, -0.05) is 12.1 Å². The van der Waals surface area contributed by atoms with Crippen molar-refractivity contribution in [3.8, 4) is 0 Å². The van der Waals surface area contributed by atoms with Gasteiger partial charge in [0.05, 0.1) is 6.42 Å². The standard InChI is InChI=1S/C13H13N2O.HI/c16-13(12-6-2-3-8-14-12)7-11-15-9-4-1-5-10-15;/h1-6,8-10H,7,11H2;1H/q+1;/p-1. The topological polar surface area (TPSA) is 33.8 Å². The van der Waals surface area contributed by atoms with Crippen LogP contribution in [-0.2, 0) is 6.54 Å². The Bertz CT molecular complexity index is 459. The molecule has 2 aromatic heterocycles. The molecule has 0 unspecified atom stereocenters. The average molecular weight is 340 g/mol. The van der Waals surface area contributed by atoms with Gasteiger partial charge in [0.15, 0.2) is 24.7 Å². The molecule has 0 radical (unpaired) electrons. The van der Waals surface area contributed by atoms with Gasteiger partial charge in [-0.15, -0.1) is 0 Å². The second-order valence-electron chi connectivity index (χ2n) is 3.50. The zero-order valence-electron chi connectivity index (χ0n) is 9.29. The fourth-order valence-corrected chi connectivity index (χ4v) is 1.47. The minimum Gasteiger partial charge on any atom is -1.00 e. The van der Waals surface area contributed by atoms with E-state index in [1.165, 1.54) is 0 Å². The summed E-state index contributed by atoms with van der Waals surface area (Å²) < 4.78 is 1.99. The molecule has 0 N–H and O–H groups in total. The summed E-state index contributed by atoms with van der Waals surface area (Å²) in [6.07, 6.45) is 6.02. The van der Waals surface area contributed by atoms with E-state index in [4.69, 9.17) is 0 Å². The van der Waals surface area contributed by atoms with Crippen LogP contribution in [0.25, 0.3) is 0 Å². The van der Waals surface area contributed by atoms with Gasteiger partial charge in [-0.25, -0.2) is 4.57 Å². The SMILES string of the molecule is O=C(CC[n+]1ccccc1)c1ccccn1.[I-]. The largest absolute Gasteiger partial charge is 1.00 e. The van der Waals surface area contributed by atoms with E-state index >= 15 is 0 Å². The quantitative estimate of drug-likeness (QED) is 0.392. The summed E-state index contributed by atoms with van der Waals surface area (Å²) >= 11 is 0. The Balaban J connectivity index is 0.00000144. The maximum Gasteiger partial charge on any atom is 0.187 e. The zero-order chi connectivity index (χ0) is 11.2. The summed E-state index contributed by atoms with van der Waals surface area (Å²) in [6.45, 7) is 0.691. The Kier molecular flexibility index (Phi) is 5.76. The van der Waals surface area contributed by atoms with Crippen molar-refractivity contribution in [3.63, 3.8) is 0 Å². The molecule has 2 rings (SSSR count). The summed E-state index contributed by atoms with van der Waals surface area (Å²) in [7, 11) is 0. The lowest BCUT2D eigenvalue weighted by Gasteiger charge is -1.97. The van der Waals surface area contributed by atoms with Crippen LogP contribution >= 0.6 is 0 Å². The first kappa shape index (κ1) is 13.8. The normalized spacial score (nSPS) is 9.41. The Morgan fingerprint density at radius 1 is 1.12 bits per heavy atom. The van der Waals surface area contributed by atoms with E-state index in [1.54, 1.807) is 12.3 Å². The third-order valence-corrected chi connectivity index (χ3v) is 2.32. The minimum absolute atomic E-state index is 0. The molecule has 0 aromatic carbocycles. The highest BCUT2D eigenvalue weighted by Crippen LogP contribution is 1.98. The Labute approximate surface area is 118 Å². The molecule has 0 saturated heterocycles. The van der Waals surface area contributed by atoms with Gasteiger partial charge < -0.3 is 24.0 Å². The Hall–Kier alpha value is -1.30. The Morgan fingerprint density at radius 2 is 1.88 bits per heavy atom. The molecule has 2 heterocycles. The number of carbonyl (C=O) groups excluding carboxylic acids is 1. The van der Waals surface area contributed by atoms with Crippen molar-refractivity contribution < 1.29 is 33.3 Å². The number of carbonyl (C=O) groups is 1. The number of hydrogen-bond donors (Lipinski definition) is 0. The summed E-state index contributed by atoms with van der Waals surface area (Å²) in [4.78, 5) is 15.8. The van der Waals surface area contributed by atoms with Crippen molar-refractivity contribution in [3.05, 3.63) is 60.7 Å². The number of aryl methyl sites for hydroxylation is 1. The van der Waals surface area contributed by atoms with Gasteiger partial charge >= 0.3 is 0 Å². The zero-order valence-corrected chi connectivity index (χ0v) is 11.4. The molecular formula is C13H13IN2O. The van der Waals surface area contributed by atoms with E-state index in [0.29, 0.717) is 18.7 Å². The van der Waals surface area contributed by atoms with Crippen LogP contribution in [0.1, 0.15) is 16.9 Å². The third kappa shape index (κ3) is 4.22. The van der Waals surface area contributed by atoms with E-state index in [2.05, 4.69) is 4.98 Å². The van der Waals surface area contributed by atoms with Crippen LogP contribution in [0.3, 0.4) is 0 Å². The summed E-state index contributed by atoms with van der Waals surface area (Å²) in [5.41, 5.74) is 0.541. The number of halogens is 1.